The third kappa shape index (κ3) is 4.12. The number of rotatable bonds is 3. The second kappa shape index (κ2) is 5.34. The van der Waals surface area contributed by atoms with Gasteiger partial charge in [0.05, 0.1) is 6.10 Å². The van der Waals surface area contributed by atoms with E-state index in [9.17, 15) is 5.11 Å². The SMILES string of the molecule is CC1(C)CC(O)CC(C)(CNc2cccc(Cl)c2)C1. The van der Waals surface area contributed by atoms with Crippen LogP contribution in [0.3, 0.4) is 0 Å². The Morgan fingerprint density at radius 1 is 1.32 bits per heavy atom. The summed E-state index contributed by atoms with van der Waals surface area (Å²) in [6.45, 7) is 7.61. The number of aliphatic hydroxyl groups is 1. The van der Waals surface area contributed by atoms with Crippen LogP contribution in [0.4, 0.5) is 5.69 Å². The van der Waals surface area contributed by atoms with Crippen LogP contribution in [0.5, 0.6) is 0 Å². The van der Waals surface area contributed by atoms with Gasteiger partial charge in [-0.25, -0.2) is 0 Å². The summed E-state index contributed by atoms with van der Waals surface area (Å²) in [7, 11) is 0. The van der Waals surface area contributed by atoms with Crippen LogP contribution < -0.4 is 5.32 Å². The maximum Gasteiger partial charge on any atom is 0.0551 e. The first-order valence-corrected chi connectivity index (χ1v) is 7.33. The minimum absolute atomic E-state index is 0.128. The van der Waals surface area contributed by atoms with Crippen LogP contribution in [0.15, 0.2) is 24.3 Å². The van der Waals surface area contributed by atoms with Crippen LogP contribution in [0.1, 0.15) is 40.0 Å². The molecule has 0 amide bonds. The fourth-order valence-corrected chi connectivity index (χ4v) is 3.82. The van der Waals surface area contributed by atoms with E-state index in [1.54, 1.807) is 0 Å². The summed E-state index contributed by atoms with van der Waals surface area (Å²) in [5.74, 6) is 0. The predicted molar refractivity (Wildman–Crippen MR) is 81.7 cm³/mol. The lowest BCUT2D eigenvalue weighted by molar-refractivity contribution is -0.00317. The quantitative estimate of drug-likeness (QED) is 0.864. The Morgan fingerprint density at radius 2 is 2.05 bits per heavy atom. The largest absolute Gasteiger partial charge is 0.393 e. The highest BCUT2D eigenvalue weighted by Crippen LogP contribution is 2.46. The summed E-state index contributed by atoms with van der Waals surface area (Å²) in [6, 6.07) is 7.80. The Morgan fingerprint density at radius 3 is 2.68 bits per heavy atom. The molecule has 0 heterocycles. The van der Waals surface area contributed by atoms with Crippen LogP contribution in [-0.2, 0) is 0 Å². The van der Waals surface area contributed by atoms with Crippen molar-refractivity contribution < 1.29 is 5.11 Å². The van der Waals surface area contributed by atoms with Crippen molar-refractivity contribution in [3.63, 3.8) is 0 Å². The van der Waals surface area contributed by atoms with Crippen LogP contribution >= 0.6 is 11.6 Å². The minimum Gasteiger partial charge on any atom is -0.393 e. The second-order valence-corrected chi connectivity index (χ2v) is 7.51. The summed E-state index contributed by atoms with van der Waals surface area (Å²) in [5, 5.41) is 14.3. The van der Waals surface area contributed by atoms with Gasteiger partial charge in [0.2, 0.25) is 0 Å². The Bertz CT molecular complexity index is 446. The molecule has 19 heavy (non-hydrogen) atoms. The van der Waals surface area contributed by atoms with Crippen LogP contribution in [-0.4, -0.2) is 17.8 Å². The molecular weight excluding hydrogens is 258 g/mol. The topological polar surface area (TPSA) is 32.3 Å². The van der Waals surface area contributed by atoms with Gasteiger partial charge in [0.15, 0.2) is 0 Å². The van der Waals surface area contributed by atoms with Gasteiger partial charge in [-0.2, -0.15) is 0 Å². The van der Waals surface area contributed by atoms with Crippen LogP contribution in [0.25, 0.3) is 0 Å². The zero-order chi connectivity index (χ0) is 14.1. The van der Waals surface area contributed by atoms with Gasteiger partial charge in [-0.05, 0) is 48.3 Å². The number of benzene rings is 1. The molecule has 0 saturated heterocycles. The van der Waals surface area contributed by atoms with Crippen molar-refractivity contribution >= 4 is 17.3 Å². The normalized spacial score (nSPS) is 30.1. The molecule has 1 aliphatic rings. The molecular formula is C16H24ClNO. The van der Waals surface area contributed by atoms with E-state index < -0.39 is 0 Å². The molecule has 0 aromatic heterocycles. The number of aliphatic hydroxyl groups excluding tert-OH is 1. The molecule has 106 valence electrons. The van der Waals surface area contributed by atoms with Crippen LogP contribution in [0.2, 0.25) is 5.02 Å². The van der Waals surface area contributed by atoms with E-state index in [0.717, 1.165) is 36.5 Å². The number of hydrogen-bond donors (Lipinski definition) is 2. The van der Waals surface area contributed by atoms with Crippen molar-refractivity contribution in [3.8, 4) is 0 Å². The Balaban J connectivity index is 2.01. The summed E-state index contributed by atoms with van der Waals surface area (Å²) < 4.78 is 0. The molecule has 2 nitrogen and oxygen atoms in total. The van der Waals surface area contributed by atoms with E-state index in [0.29, 0.717) is 0 Å². The molecule has 1 aliphatic carbocycles. The zero-order valence-electron chi connectivity index (χ0n) is 12.0. The van der Waals surface area contributed by atoms with Crippen molar-refractivity contribution in [2.75, 3.05) is 11.9 Å². The lowest BCUT2D eigenvalue weighted by Gasteiger charge is -2.45. The molecule has 1 saturated carbocycles. The fourth-order valence-electron chi connectivity index (χ4n) is 3.63. The molecule has 1 fully saturated rings. The molecule has 2 unspecified atom stereocenters. The van der Waals surface area contributed by atoms with Gasteiger partial charge < -0.3 is 10.4 Å². The summed E-state index contributed by atoms with van der Waals surface area (Å²) >= 11 is 5.99. The Kier molecular flexibility index (Phi) is 4.12. The standard InChI is InChI=1S/C16H24ClNO/c1-15(2)8-14(19)9-16(3,10-15)11-18-13-6-4-5-12(17)7-13/h4-7,14,18-19H,8-11H2,1-3H3. The van der Waals surface area contributed by atoms with E-state index in [4.69, 9.17) is 11.6 Å². The molecule has 0 radical (unpaired) electrons. The number of halogens is 1. The van der Waals surface area contributed by atoms with Crippen molar-refractivity contribution in [1.82, 2.24) is 0 Å². The van der Waals surface area contributed by atoms with Gasteiger partial charge in [0, 0.05) is 17.3 Å². The van der Waals surface area contributed by atoms with Gasteiger partial charge in [-0.3, -0.25) is 0 Å². The van der Waals surface area contributed by atoms with Gasteiger partial charge in [-0.15, -0.1) is 0 Å². The molecule has 2 N–H and O–H groups in total. The van der Waals surface area contributed by atoms with Crippen LogP contribution in [0, 0.1) is 10.8 Å². The highest BCUT2D eigenvalue weighted by atomic mass is 35.5. The number of hydrogen-bond acceptors (Lipinski definition) is 2. The first-order valence-electron chi connectivity index (χ1n) is 6.96. The first kappa shape index (κ1) is 14.7. The molecule has 0 bridgehead atoms. The molecule has 1 aromatic carbocycles. The van der Waals surface area contributed by atoms with Gasteiger partial charge >= 0.3 is 0 Å². The van der Waals surface area contributed by atoms with Gasteiger partial charge in [0.1, 0.15) is 0 Å². The highest BCUT2D eigenvalue weighted by molar-refractivity contribution is 6.30. The van der Waals surface area contributed by atoms with Crippen molar-refractivity contribution in [2.24, 2.45) is 10.8 Å². The van der Waals surface area contributed by atoms with E-state index in [1.165, 1.54) is 0 Å². The third-order valence-corrected chi connectivity index (χ3v) is 4.20. The van der Waals surface area contributed by atoms with E-state index in [1.807, 2.05) is 24.3 Å². The van der Waals surface area contributed by atoms with Gasteiger partial charge in [-0.1, -0.05) is 38.4 Å². The third-order valence-electron chi connectivity index (χ3n) is 3.97. The average molecular weight is 282 g/mol. The monoisotopic (exact) mass is 281 g/mol. The van der Waals surface area contributed by atoms with E-state index in [-0.39, 0.29) is 16.9 Å². The molecule has 2 atom stereocenters. The van der Waals surface area contributed by atoms with Gasteiger partial charge in [0.25, 0.3) is 0 Å². The lowest BCUT2D eigenvalue weighted by Crippen LogP contribution is -2.42. The van der Waals surface area contributed by atoms with E-state index in [2.05, 4.69) is 26.1 Å². The first-order chi connectivity index (χ1) is 8.78. The highest BCUT2D eigenvalue weighted by Gasteiger charge is 2.40. The lowest BCUT2D eigenvalue weighted by atomic mass is 9.63. The number of anilines is 1. The predicted octanol–water partition coefficient (Wildman–Crippen LogP) is 4.33. The van der Waals surface area contributed by atoms with Crippen molar-refractivity contribution in [1.29, 1.82) is 0 Å². The maximum atomic E-state index is 10.1. The maximum absolute atomic E-state index is 10.1. The van der Waals surface area contributed by atoms with E-state index >= 15 is 0 Å². The minimum atomic E-state index is -0.185. The molecule has 3 heteroatoms. The summed E-state index contributed by atoms with van der Waals surface area (Å²) in [5.41, 5.74) is 1.39. The smallest absolute Gasteiger partial charge is 0.0551 e. The van der Waals surface area contributed by atoms with Crippen molar-refractivity contribution in [3.05, 3.63) is 29.3 Å². The Hall–Kier alpha value is -0.730. The average Bonchev–Trinajstić information content (AvgIpc) is 2.23. The summed E-state index contributed by atoms with van der Waals surface area (Å²) in [4.78, 5) is 0. The fraction of sp³-hybridized carbons (Fsp3) is 0.625. The number of nitrogens with one attached hydrogen (secondary N) is 1. The molecule has 0 aliphatic heterocycles. The second-order valence-electron chi connectivity index (χ2n) is 7.08. The zero-order valence-corrected chi connectivity index (χ0v) is 12.8. The Labute approximate surface area is 121 Å². The molecule has 1 aromatic rings. The summed E-state index contributed by atoms with van der Waals surface area (Å²) in [6.07, 6.45) is 2.71. The molecule has 0 spiro atoms. The molecule has 2 rings (SSSR count). The van der Waals surface area contributed by atoms with Crippen molar-refractivity contribution in [2.45, 2.75) is 46.1 Å².